The second kappa shape index (κ2) is 9.33. The minimum Gasteiger partial charge on any atom is -0.369 e. The molecule has 2 aromatic heterocycles. The van der Waals surface area contributed by atoms with Crippen molar-refractivity contribution in [3.63, 3.8) is 0 Å². The summed E-state index contributed by atoms with van der Waals surface area (Å²) in [6, 6.07) is 6.84. The molecule has 27 heavy (non-hydrogen) atoms. The van der Waals surface area contributed by atoms with Crippen LogP contribution in [0.25, 0.3) is 11.5 Å². The van der Waals surface area contributed by atoms with Gasteiger partial charge in [0.05, 0.1) is 0 Å². The lowest BCUT2D eigenvalue weighted by Gasteiger charge is -2.12. The van der Waals surface area contributed by atoms with Crippen LogP contribution in [0.15, 0.2) is 24.4 Å². The number of hydrogen-bond donors (Lipinski definition) is 4. The Morgan fingerprint density at radius 3 is 2.74 bits per heavy atom. The summed E-state index contributed by atoms with van der Waals surface area (Å²) in [5.41, 5.74) is 2.15. The monoisotopic (exact) mass is 368 g/mol. The Bertz CT molecular complexity index is 702. The summed E-state index contributed by atoms with van der Waals surface area (Å²) in [5.74, 6) is 2.46. The van der Waals surface area contributed by atoms with Gasteiger partial charge in [-0.25, -0.2) is 9.97 Å². The molecule has 0 unspecified atom stereocenters. The molecular formula is C21H32N6. The third-order valence-electron chi connectivity index (χ3n) is 5.53. The fourth-order valence-corrected chi connectivity index (χ4v) is 3.79. The van der Waals surface area contributed by atoms with Crippen LogP contribution in [0.4, 0.5) is 5.82 Å². The molecule has 2 aliphatic carbocycles. The van der Waals surface area contributed by atoms with E-state index < -0.39 is 0 Å². The molecule has 0 spiro atoms. The molecule has 4 N–H and O–H groups in total. The molecule has 2 fully saturated rings. The molecule has 4 rings (SSSR count). The molecule has 0 saturated heterocycles. The van der Waals surface area contributed by atoms with Crippen molar-refractivity contribution in [2.45, 2.75) is 56.9 Å². The second-order valence-electron chi connectivity index (χ2n) is 7.84. The first kappa shape index (κ1) is 18.4. The van der Waals surface area contributed by atoms with Crippen LogP contribution in [0, 0.1) is 0 Å². The first-order valence-electron chi connectivity index (χ1n) is 10.6. The number of pyridine rings is 1. The summed E-state index contributed by atoms with van der Waals surface area (Å²) < 4.78 is 0. The summed E-state index contributed by atoms with van der Waals surface area (Å²) in [5, 5.41) is 10.6. The molecule has 2 aliphatic rings. The fourth-order valence-electron chi connectivity index (χ4n) is 3.79. The SMILES string of the molecule is c1cc(NCCNCCCNC2CCCC2)nc(-c2ncc(C3CC3)[nH]2)c1. The van der Waals surface area contributed by atoms with E-state index in [1.54, 1.807) is 0 Å². The van der Waals surface area contributed by atoms with Gasteiger partial charge in [0, 0.05) is 36.9 Å². The number of rotatable bonds is 11. The normalized spacial score (nSPS) is 17.5. The van der Waals surface area contributed by atoms with E-state index in [9.17, 15) is 0 Å². The maximum atomic E-state index is 4.68. The maximum Gasteiger partial charge on any atom is 0.156 e. The first-order chi connectivity index (χ1) is 13.4. The Morgan fingerprint density at radius 1 is 1.00 bits per heavy atom. The number of nitrogens with zero attached hydrogens (tertiary/aromatic N) is 2. The van der Waals surface area contributed by atoms with E-state index in [0.717, 1.165) is 49.6 Å². The topological polar surface area (TPSA) is 77.7 Å². The highest BCUT2D eigenvalue weighted by Gasteiger charge is 2.25. The quantitative estimate of drug-likeness (QED) is 0.458. The van der Waals surface area contributed by atoms with Crippen molar-refractivity contribution in [2.75, 3.05) is 31.5 Å². The smallest absolute Gasteiger partial charge is 0.156 e. The van der Waals surface area contributed by atoms with E-state index in [-0.39, 0.29) is 0 Å². The maximum absolute atomic E-state index is 4.68. The zero-order valence-electron chi connectivity index (χ0n) is 16.1. The van der Waals surface area contributed by atoms with Gasteiger partial charge in [0.2, 0.25) is 0 Å². The number of aromatic nitrogens is 3. The van der Waals surface area contributed by atoms with Gasteiger partial charge in [0.15, 0.2) is 5.82 Å². The van der Waals surface area contributed by atoms with Gasteiger partial charge in [0.25, 0.3) is 0 Å². The van der Waals surface area contributed by atoms with Crippen LogP contribution in [0.3, 0.4) is 0 Å². The second-order valence-corrected chi connectivity index (χ2v) is 7.84. The largest absolute Gasteiger partial charge is 0.369 e. The van der Waals surface area contributed by atoms with Crippen molar-refractivity contribution in [1.29, 1.82) is 0 Å². The Labute approximate surface area is 162 Å². The minimum absolute atomic E-state index is 0.687. The Hall–Kier alpha value is -1.92. The molecule has 0 atom stereocenters. The van der Waals surface area contributed by atoms with Crippen LogP contribution in [0.1, 0.15) is 56.6 Å². The molecule has 2 aromatic rings. The molecule has 0 aromatic carbocycles. The van der Waals surface area contributed by atoms with Crippen molar-refractivity contribution in [3.8, 4) is 11.5 Å². The van der Waals surface area contributed by atoms with Gasteiger partial charge in [-0.1, -0.05) is 18.9 Å². The van der Waals surface area contributed by atoms with Crippen molar-refractivity contribution >= 4 is 5.82 Å². The van der Waals surface area contributed by atoms with E-state index in [0.29, 0.717) is 5.92 Å². The molecule has 0 aliphatic heterocycles. The minimum atomic E-state index is 0.687. The molecule has 0 radical (unpaired) electrons. The van der Waals surface area contributed by atoms with Gasteiger partial charge in [-0.2, -0.15) is 0 Å². The third kappa shape index (κ3) is 5.53. The van der Waals surface area contributed by atoms with Crippen LogP contribution in [-0.4, -0.2) is 47.2 Å². The third-order valence-corrected chi connectivity index (χ3v) is 5.53. The van der Waals surface area contributed by atoms with Crippen LogP contribution in [-0.2, 0) is 0 Å². The number of nitrogens with one attached hydrogen (secondary N) is 4. The predicted octanol–water partition coefficient (Wildman–Crippen LogP) is 3.27. The molecule has 2 saturated carbocycles. The van der Waals surface area contributed by atoms with Gasteiger partial charge in [-0.3, -0.25) is 0 Å². The van der Waals surface area contributed by atoms with Crippen molar-refractivity contribution in [3.05, 3.63) is 30.1 Å². The van der Waals surface area contributed by atoms with Gasteiger partial charge in [-0.15, -0.1) is 0 Å². The first-order valence-corrected chi connectivity index (χ1v) is 10.6. The van der Waals surface area contributed by atoms with Gasteiger partial charge in [0.1, 0.15) is 11.5 Å². The Kier molecular flexibility index (Phi) is 6.37. The van der Waals surface area contributed by atoms with E-state index >= 15 is 0 Å². The predicted molar refractivity (Wildman–Crippen MR) is 110 cm³/mol. The molecule has 2 heterocycles. The summed E-state index contributed by atoms with van der Waals surface area (Å²) >= 11 is 0. The lowest BCUT2D eigenvalue weighted by atomic mass is 10.2. The lowest BCUT2D eigenvalue weighted by molar-refractivity contribution is 0.506. The van der Waals surface area contributed by atoms with E-state index in [1.165, 1.54) is 50.6 Å². The Balaban J connectivity index is 1.12. The number of hydrogen-bond acceptors (Lipinski definition) is 5. The molecule has 146 valence electrons. The van der Waals surface area contributed by atoms with Crippen LogP contribution < -0.4 is 16.0 Å². The molecule has 6 nitrogen and oxygen atoms in total. The van der Waals surface area contributed by atoms with E-state index in [2.05, 4.69) is 30.9 Å². The van der Waals surface area contributed by atoms with Gasteiger partial charge < -0.3 is 20.9 Å². The number of imidazole rings is 1. The highest BCUT2D eigenvalue weighted by Crippen LogP contribution is 2.39. The van der Waals surface area contributed by atoms with Crippen LogP contribution in [0.2, 0.25) is 0 Å². The number of anilines is 1. The summed E-state index contributed by atoms with van der Waals surface area (Å²) in [4.78, 5) is 12.6. The van der Waals surface area contributed by atoms with Crippen LogP contribution in [0.5, 0.6) is 0 Å². The summed E-state index contributed by atoms with van der Waals surface area (Å²) in [7, 11) is 0. The van der Waals surface area contributed by atoms with Crippen molar-refractivity contribution < 1.29 is 0 Å². The van der Waals surface area contributed by atoms with Gasteiger partial charge in [-0.05, 0) is 57.3 Å². The summed E-state index contributed by atoms with van der Waals surface area (Å²) in [6.45, 7) is 4.01. The Morgan fingerprint density at radius 2 is 1.89 bits per heavy atom. The average Bonchev–Trinajstić information content (AvgIpc) is 3.19. The van der Waals surface area contributed by atoms with Crippen LogP contribution >= 0.6 is 0 Å². The zero-order chi connectivity index (χ0) is 18.3. The standard InChI is InChI=1S/C21H32N6/c1-2-6-17(5-1)23-12-4-11-22-13-14-24-20-8-3-7-18(26-20)21-25-15-19(27-21)16-9-10-16/h3,7-8,15-17,22-23H,1-2,4-6,9-14H2,(H,24,26)(H,25,27). The summed E-state index contributed by atoms with van der Waals surface area (Å²) in [6.07, 6.45) is 11.2. The number of H-pyrrole nitrogens is 1. The van der Waals surface area contributed by atoms with Crippen molar-refractivity contribution in [2.24, 2.45) is 0 Å². The van der Waals surface area contributed by atoms with Crippen molar-refractivity contribution in [1.82, 2.24) is 25.6 Å². The van der Waals surface area contributed by atoms with Gasteiger partial charge >= 0.3 is 0 Å². The lowest BCUT2D eigenvalue weighted by Crippen LogP contribution is -2.30. The highest BCUT2D eigenvalue weighted by atomic mass is 15.0. The zero-order valence-corrected chi connectivity index (χ0v) is 16.1. The molecule has 0 amide bonds. The molecule has 0 bridgehead atoms. The molecule has 6 heteroatoms. The fraction of sp³-hybridized carbons (Fsp3) is 0.619. The highest BCUT2D eigenvalue weighted by molar-refractivity contribution is 5.53. The average molecular weight is 369 g/mol. The molecular weight excluding hydrogens is 336 g/mol. The van der Waals surface area contributed by atoms with E-state index in [4.69, 9.17) is 0 Å². The van der Waals surface area contributed by atoms with E-state index in [1.807, 2.05) is 24.4 Å². The number of aromatic amines is 1.